The molecule has 3 N–H and O–H groups in total. The number of hydrogen-bond acceptors (Lipinski definition) is 3. The Hall–Kier alpha value is -1.92. The molecule has 1 amide bonds. The van der Waals surface area contributed by atoms with Crippen molar-refractivity contribution in [2.45, 2.75) is 36.6 Å². The average molecular weight is 318 g/mol. The zero-order chi connectivity index (χ0) is 16.0. The smallest absolute Gasteiger partial charge is 0.242 e. The number of sulfonamides is 1. The molecule has 0 atom stereocenters. The van der Waals surface area contributed by atoms with Gasteiger partial charge in [-0.25, -0.2) is 8.42 Å². The standard InChI is InChI=1S/C16H18N2O3S/c1-2-11-7-8-14(13-6-4-3-5-12(11)13)22(20,21)18-16(9-10-16)15(17)19/h3-8,18H,2,9-10H2,1H3,(H2,17,19). The first-order chi connectivity index (χ1) is 10.4. The van der Waals surface area contributed by atoms with E-state index in [1.165, 1.54) is 0 Å². The Morgan fingerprint density at radius 3 is 2.36 bits per heavy atom. The van der Waals surface area contributed by atoms with Crippen molar-refractivity contribution in [3.05, 3.63) is 42.0 Å². The van der Waals surface area contributed by atoms with Gasteiger partial charge in [0, 0.05) is 5.39 Å². The molecule has 0 aromatic heterocycles. The third-order valence-corrected chi connectivity index (χ3v) is 5.79. The molecule has 0 saturated heterocycles. The second-order valence-corrected chi connectivity index (χ2v) is 7.32. The van der Waals surface area contributed by atoms with Crippen molar-refractivity contribution in [3.8, 4) is 0 Å². The lowest BCUT2D eigenvalue weighted by Crippen LogP contribution is -2.46. The predicted molar refractivity (Wildman–Crippen MR) is 84.8 cm³/mol. The number of nitrogens with two attached hydrogens (primary N) is 1. The molecule has 0 unspecified atom stereocenters. The first kappa shape index (κ1) is 15.0. The van der Waals surface area contributed by atoms with Crippen LogP contribution >= 0.6 is 0 Å². The summed E-state index contributed by atoms with van der Waals surface area (Å²) >= 11 is 0. The average Bonchev–Trinajstić information content (AvgIpc) is 3.26. The van der Waals surface area contributed by atoms with Crippen LogP contribution in [0.3, 0.4) is 0 Å². The molecule has 3 rings (SSSR count). The Morgan fingerprint density at radius 2 is 1.82 bits per heavy atom. The minimum atomic E-state index is -3.80. The SMILES string of the molecule is CCc1ccc(S(=O)(=O)NC2(C(N)=O)CC2)c2ccccc12. The number of nitrogens with one attached hydrogen (secondary N) is 1. The van der Waals surface area contributed by atoms with Crippen molar-refractivity contribution in [2.75, 3.05) is 0 Å². The summed E-state index contributed by atoms with van der Waals surface area (Å²) < 4.78 is 27.9. The Bertz CT molecular complexity index is 855. The molecule has 116 valence electrons. The summed E-state index contributed by atoms with van der Waals surface area (Å²) in [6, 6.07) is 10.8. The molecule has 0 radical (unpaired) electrons. The highest BCUT2D eigenvalue weighted by molar-refractivity contribution is 7.89. The van der Waals surface area contributed by atoms with Crippen LogP contribution in [0.1, 0.15) is 25.3 Å². The lowest BCUT2D eigenvalue weighted by Gasteiger charge is -2.16. The van der Waals surface area contributed by atoms with Gasteiger partial charge in [0.05, 0.1) is 4.90 Å². The molecule has 1 aliphatic rings. The van der Waals surface area contributed by atoms with Crippen LogP contribution < -0.4 is 10.5 Å². The van der Waals surface area contributed by atoms with Crippen molar-refractivity contribution in [2.24, 2.45) is 5.73 Å². The van der Waals surface area contributed by atoms with Crippen molar-refractivity contribution in [3.63, 3.8) is 0 Å². The van der Waals surface area contributed by atoms with E-state index < -0.39 is 21.5 Å². The van der Waals surface area contributed by atoms with Crippen LogP contribution in [-0.2, 0) is 21.2 Å². The number of aryl methyl sites for hydroxylation is 1. The van der Waals surface area contributed by atoms with Crippen LogP contribution in [0.25, 0.3) is 10.8 Å². The summed E-state index contributed by atoms with van der Waals surface area (Å²) in [4.78, 5) is 11.6. The van der Waals surface area contributed by atoms with Gasteiger partial charge in [-0.1, -0.05) is 37.3 Å². The maximum Gasteiger partial charge on any atom is 0.242 e. The minimum Gasteiger partial charge on any atom is -0.368 e. The van der Waals surface area contributed by atoms with Crippen LogP contribution in [0, 0.1) is 0 Å². The fraction of sp³-hybridized carbons (Fsp3) is 0.312. The second-order valence-electron chi connectivity index (χ2n) is 5.67. The van der Waals surface area contributed by atoms with E-state index in [-0.39, 0.29) is 4.90 Å². The molecule has 0 aliphatic heterocycles. The van der Waals surface area contributed by atoms with Gasteiger partial charge in [0.1, 0.15) is 5.54 Å². The molecule has 0 bridgehead atoms. The summed E-state index contributed by atoms with van der Waals surface area (Å²) in [5, 5.41) is 1.58. The molecule has 2 aromatic carbocycles. The number of primary amides is 1. The van der Waals surface area contributed by atoms with E-state index in [4.69, 9.17) is 5.73 Å². The monoisotopic (exact) mass is 318 g/mol. The van der Waals surface area contributed by atoms with Crippen molar-refractivity contribution in [1.82, 2.24) is 4.72 Å². The van der Waals surface area contributed by atoms with E-state index in [0.29, 0.717) is 18.2 Å². The van der Waals surface area contributed by atoms with E-state index in [0.717, 1.165) is 17.4 Å². The molecular formula is C16H18N2O3S. The number of rotatable bonds is 5. The molecule has 2 aromatic rings. The quantitative estimate of drug-likeness (QED) is 0.879. The van der Waals surface area contributed by atoms with Crippen LogP contribution in [0.2, 0.25) is 0 Å². The summed E-state index contributed by atoms with van der Waals surface area (Å²) in [5.41, 5.74) is 5.29. The third kappa shape index (κ3) is 2.38. The Kier molecular flexibility index (Phi) is 3.45. The third-order valence-electron chi connectivity index (χ3n) is 4.20. The van der Waals surface area contributed by atoms with E-state index in [1.54, 1.807) is 12.1 Å². The molecule has 5 nitrogen and oxygen atoms in total. The number of hydrogen-bond donors (Lipinski definition) is 2. The largest absolute Gasteiger partial charge is 0.368 e. The van der Waals surface area contributed by atoms with Gasteiger partial charge in [-0.3, -0.25) is 4.79 Å². The number of fused-ring (bicyclic) bond motifs is 1. The first-order valence-electron chi connectivity index (χ1n) is 7.24. The molecule has 1 fully saturated rings. The van der Waals surface area contributed by atoms with E-state index in [1.807, 2.05) is 31.2 Å². The zero-order valence-corrected chi connectivity index (χ0v) is 13.1. The van der Waals surface area contributed by atoms with Gasteiger partial charge in [-0.15, -0.1) is 0 Å². The first-order valence-corrected chi connectivity index (χ1v) is 8.72. The highest BCUT2D eigenvalue weighted by Gasteiger charge is 2.51. The molecule has 22 heavy (non-hydrogen) atoms. The van der Waals surface area contributed by atoms with Gasteiger partial charge in [0.15, 0.2) is 0 Å². The fourth-order valence-corrected chi connectivity index (χ4v) is 4.36. The maximum absolute atomic E-state index is 12.7. The van der Waals surface area contributed by atoms with Crippen molar-refractivity contribution < 1.29 is 13.2 Å². The normalized spacial score (nSPS) is 16.6. The van der Waals surface area contributed by atoms with Gasteiger partial charge in [0.25, 0.3) is 0 Å². The van der Waals surface area contributed by atoms with Crippen LogP contribution in [0.15, 0.2) is 41.3 Å². The second kappa shape index (κ2) is 5.07. The highest BCUT2D eigenvalue weighted by Crippen LogP contribution is 2.37. The summed E-state index contributed by atoms with van der Waals surface area (Å²) in [7, 11) is -3.80. The predicted octanol–water partition coefficient (Wildman–Crippen LogP) is 1.70. The highest BCUT2D eigenvalue weighted by atomic mass is 32.2. The molecule has 0 heterocycles. The van der Waals surface area contributed by atoms with Crippen LogP contribution in [-0.4, -0.2) is 19.9 Å². The van der Waals surface area contributed by atoms with Crippen molar-refractivity contribution in [1.29, 1.82) is 0 Å². The van der Waals surface area contributed by atoms with E-state index >= 15 is 0 Å². The number of amides is 1. The lowest BCUT2D eigenvalue weighted by atomic mass is 10.0. The van der Waals surface area contributed by atoms with Gasteiger partial charge in [-0.2, -0.15) is 4.72 Å². The lowest BCUT2D eigenvalue weighted by molar-refractivity contribution is -0.120. The zero-order valence-electron chi connectivity index (χ0n) is 12.3. The van der Waals surface area contributed by atoms with Crippen molar-refractivity contribution >= 4 is 26.7 Å². The van der Waals surface area contributed by atoms with Crippen LogP contribution in [0.4, 0.5) is 0 Å². The topological polar surface area (TPSA) is 89.3 Å². The summed E-state index contributed by atoms with van der Waals surface area (Å²) in [6.45, 7) is 2.03. The molecule has 0 spiro atoms. The van der Waals surface area contributed by atoms with Gasteiger partial charge < -0.3 is 5.73 Å². The summed E-state index contributed by atoms with van der Waals surface area (Å²) in [6.07, 6.45) is 1.72. The van der Waals surface area contributed by atoms with Gasteiger partial charge in [0.2, 0.25) is 15.9 Å². The summed E-state index contributed by atoms with van der Waals surface area (Å²) in [5.74, 6) is -0.620. The maximum atomic E-state index is 12.7. The number of carbonyl (C=O) groups excluding carboxylic acids is 1. The van der Waals surface area contributed by atoms with Gasteiger partial charge >= 0.3 is 0 Å². The van der Waals surface area contributed by atoms with Gasteiger partial charge in [-0.05, 0) is 36.3 Å². The molecule has 1 aliphatic carbocycles. The number of carbonyl (C=O) groups is 1. The van der Waals surface area contributed by atoms with E-state index in [9.17, 15) is 13.2 Å². The Labute approximate surface area is 129 Å². The minimum absolute atomic E-state index is 0.188. The Morgan fingerprint density at radius 1 is 1.18 bits per heavy atom. The van der Waals surface area contributed by atoms with Crippen LogP contribution in [0.5, 0.6) is 0 Å². The molecule has 1 saturated carbocycles. The Balaban J connectivity index is 2.12. The van der Waals surface area contributed by atoms with E-state index in [2.05, 4.69) is 4.72 Å². The number of benzene rings is 2. The fourth-order valence-electron chi connectivity index (χ4n) is 2.71. The molecular weight excluding hydrogens is 300 g/mol. The molecule has 6 heteroatoms.